The maximum Gasteiger partial charge on any atom is 0.160 e. The molecule has 3 heteroatoms. The summed E-state index contributed by atoms with van der Waals surface area (Å²) in [6.45, 7) is 6.27. The highest BCUT2D eigenvalue weighted by atomic mass is 15.1. The average molecular weight is 175 g/mol. The monoisotopic (exact) mass is 175 g/mol. The molecule has 0 fully saturated rings. The molecule has 0 amide bonds. The largest absolute Gasteiger partial charge is 0.288 e. The predicted molar refractivity (Wildman–Crippen MR) is 51.8 cm³/mol. The first-order valence-electron chi connectivity index (χ1n) is 4.49. The Morgan fingerprint density at radius 3 is 2.85 bits per heavy atom. The van der Waals surface area contributed by atoms with E-state index in [9.17, 15) is 0 Å². The molecule has 2 aromatic heterocycles. The summed E-state index contributed by atoms with van der Waals surface area (Å²) in [6, 6.07) is 1.92. The number of imidazole rings is 1. The molecule has 0 aromatic carbocycles. The first-order valence-corrected chi connectivity index (χ1v) is 4.49. The number of hydrogen-bond acceptors (Lipinski definition) is 2. The number of hydrogen-bond donors (Lipinski definition) is 0. The van der Waals surface area contributed by atoms with Crippen molar-refractivity contribution in [2.45, 2.75) is 26.7 Å². The van der Waals surface area contributed by atoms with Crippen molar-refractivity contribution in [2.75, 3.05) is 0 Å². The third-order valence-electron chi connectivity index (χ3n) is 2.15. The summed E-state index contributed by atoms with van der Waals surface area (Å²) in [6.07, 6.45) is 3.80. The van der Waals surface area contributed by atoms with Gasteiger partial charge in [-0.05, 0) is 18.9 Å². The number of nitrogens with zero attached hydrogens (tertiary/aromatic N) is 3. The zero-order valence-corrected chi connectivity index (χ0v) is 8.15. The van der Waals surface area contributed by atoms with E-state index in [0.29, 0.717) is 5.92 Å². The van der Waals surface area contributed by atoms with Crippen LogP contribution in [0.2, 0.25) is 0 Å². The Morgan fingerprint density at radius 1 is 1.38 bits per heavy atom. The molecule has 0 unspecified atom stereocenters. The number of fused-ring (bicyclic) bond motifs is 1. The maximum atomic E-state index is 4.49. The van der Waals surface area contributed by atoms with E-state index in [2.05, 4.69) is 23.8 Å². The molecule has 68 valence electrons. The van der Waals surface area contributed by atoms with Gasteiger partial charge in [0.05, 0.1) is 5.69 Å². The lowest BCUT2D eigenvalue weighted by atomic mass is 10.1. The second-order valence-corrected chi connectivity index (χ2v) is 3.51. The molecule has 13 heavy (non-hydrogen) atoms. The summed E-state index contributed by atoms with van der Waals surface area (Å²) in [5.74, 6) is 1.44. The Morgan fingerprint density at radius 2 is 2.15 bits per heavy atom. The molecule has 0 bridgehead atoms. The van der Waals surface area contributed by atoms with Crippen LogP contribution >= 0.6 is 0 Å². The highest BCUT2D eigenvalue weighted by Gasteiger charge is 2.11. The number of aromatic nitrogens is 3. The van der Waals surface area contributed by atoms with E-state index in [4.69, 9.17) is 0 Å². The van der Waals surface area contributed by atoms with Crippen molar-refractivity contribution in [2.24, 2.45) is 0 Å². The average Bonchev–Trinajstić information content (AvgIpc) is 2.45. The van der Waals surface area contributed by atoms with Crippen LogP contribution < -0.4 is 0 Å². The topological polar surface area (TPSA) is 30.2 Å². The number of rotatable bonds is 1. The summed E-state index contributed by atoms with van der Waals surface area (Å²) in [7, 11) is 0. The van der Waals surface area contributed by atoms with Gasteiger partial charge in [-0.2, -0.15) is 0 Å². The Labute approximate surface area is 77.4 Å². The van der Waals surface area contributed by atoms with Crippen LogP contribution in [0.15, 0.2) is 18.5 Å². The Balaban J connectivity index is 2.78. The van der Waals surface area contributed by atoms with Gasteiger partial charge in [0.2, 0.25) is 0 Å². The lowest BCUT2D eigenvalue weighted by molar-refractivity contribution is 0.833. The molecule has 0 radical (unpaired) electrons. The van der Waals surface area contributed by atoms with E-state index in [1.807, 2.05) is 29.8 Å². The smallest absolute Gasteiger partial charge is 0.160 e. The maximum absolute atomic E-state index is 4.49. The van der Waals surface area contributed by atoms with Crippen LogP contribution in [0.25, 0.3) is 5.65 Å². The number of aryl methyl sites for hydroxylation is 1. The normalized spacial score (nSPS) is 11.4. The van der Waals surface area contributed by atoms with Gasteiger partial charge in [-0.3, -0.25) is 4.40 Å². The molecule has 0 saturated heterocycles. The molecule has 0 saturated carbocycles. The molecule has 2 heterocycles. The van der Waals surface area contributed by atoms with Crippen LogP contribution in [0.4, 0.5) is 0 Å². The molecule has 2 rings (SSSR count). The first kappa shape index (κ1) is 8.23. The fraction of sp³-hybridized carbons (Fsp3) is 0.400. The summed E-state index contributed by atoms with van der Waals surface area (Å²) in [5.41, 5.74) is 2.06. The van der Waals surface area contributed by atoms with E-state index in [1.165, 1.54) is 0 Å². The Bertz CT molecular complexity index is 429. The standard InChI is InChI=1S/C10H13N3/c1-7(2)9-10-11-5-4-6-13(10)8(3)12-9/h4-7H,1-3H3. The highest BCUT2D eigenvalue weighted by molar-refractivity contribution is 5.46. The highest BCUT2D eigenvalue weighted by Crippen LogP contribution is 2.18. The second-order valence-electron chi connectivity index (χ2n) is 3.51. The summed E-state index contributed by atoms with van der Waals surface area (Å²) < 4.78 is 2.02. The molecular weight excluding hydrogens is 162 g/mol. The molecule has 0 aliphatic rings. The summed E-state index contributed by atoms with van der Waals surface area (Å²) in [4.78, 5) is 8.81. The molecular formula is C10H13N3. The Hall–Kier alpha value is -1.38. The van der Waals surface area contributed by atoms with Crippen LogP contribution in [0.1, 0.15) is 31.3 Å². The predicted octanol–water partition coefficient (Wildman–Crippen LogP) is 2.16. The summed E-state index contributed by atoms with van der Waals surface area (Å²) >= 11 is 0. The molecule has 0 N–H and O–H groups in total. The fourth-order valence-electron chi connectivity index (χ4n) is 1.49. The van der Waals surface area contributed by atoms with Crippen LogP contribution in [-0.2, 0) is 0 Å². The quantitative estimate of drug-likeness (QED) is 0.664. The van der Waals surface area contributed by atoms with Gasteiger partial charge in [-0.15, -0.1) is 0 Å². The van der Waals surface area contributed by atoms with Gasteiger partial charge in [0, 0.05) is 12.4 Å². The zero-order valence-electron chi connectivity index (χ0n) is 8.15. The van der Waals surface area contributed by atoms with E-state index < -0.39 is 0 Å². The fourth-order valence-corrected chi connectivity index (χ4v) is 1.49. The second kappa shape index (κ2) is 2.83. The molecule has 0 aliphatic carbocycles. The molecule has 0 spiro atoms. The van der Waals surface area contributed by atoms with Crippen molar-refractivity contribution in [3.63, 3.8) is 0 Å². The van der Waals surface area contributed by atoms with Gasteiger partial charge in [-0.25, -0.2) is 9.97 Å². The van der Waals surface area contributed by atoms with E-state index in [0.717, 1.165) is 17.2 Å². The van der Waals surface area contributed by atoms with Crippen molar-refractivity contribution in [3.05, 3.63) is 30.0 Å². The van der Waals surface area contributed by atoms with Gasteiger partial charge in [0.25, 0.3) is 0 Å². The van der Waals surface area contributed by atoms with Gasteiger partial charge < -0.3 is 0 Å². The van der Waals surface area contributed by atoms with Crippen molar-refractivity contribution in [1.82, 2.24) is 14.4 Å². The van der Waals surface area contributed by atoms with Gasteiger partial charge in [0.1, 0.15) is 5.82 Å². The van der Waals surface area contributed by atoms with Gasteiger partial charge in [0.15, 0.2) is 5.65 Å². The van der Waals surface area contributed by atoms with Gasteiger partial charge in [-0.1, -0.05) is 13.8 Å². The first-order chi connectivity index (χ1) is 6.20. The van der Waals surface area contributed by atoms with Crippen LogP contribution in [0, 0.1) is 6.92 Å². The molecule has 0 aliphatic heterocycles. The minimum atomic E-state index is 0.429. The van der Waals surface area contributed by atoms with Crippen LogP contribution in [0.5, 0.6) is 0 Å². The van der Waals surface area contributed by atoms with E-state index in [-0.39, 0.29) is 0 Å². The van der Waals surface area contributed by atoms with Crippen molar-refractivity contribution in [1.29, 1.82) is 0 Å². The van der Waals surface area contributed by atoms with Crippen LogP contribution in [0.3, 0.4) is 0 Å². The molecule has 3 nitrogen and oxygen atoms in total. The molecule has 2 aromatic rings. The van der Waals surface area contributed by atoms with E-state index in [1.54, 1.807) is 0 Å². The third-order valence-corrected chi connectivity index (χ3v) is 2.15. The lowest BCUT2D eigenvalue weighted by Crippen LogP contribution is -1.91. The van der Waals surface area contributed by atoms with Crippen molar-refractivity contribution in [3.8, 4) is 0 Å². The SMILES string of the molecule is Cc1nc(C(C)C)c2ncccn12. The van der Waals surface area contributed by atoms with Crippen LogP contribution in [-0.4, -0.2) is 14.4 Å². The zero-order chi connectivity index (χ0) is 9.42. The minimum Gasteiger partial charge on any atom is -0.288 e. The summed E-state index contributed by atoms with van der Waals surface area (Å²) in [5, 5.41) is 0. The molecule has 0 atom stereocenters. The minimum absolute atomic E-state index is 0.429. The van der Waals surface area contributed by atoms with Gasteiger partial charge >= 0.3 is 0 Å². The van der Waals surface area contributed by atoms with Crippen molar-refractivity contribution >= 4 is 5.65 Å². The van der Waals surface area contributed by atoms with Crippen molar-refractivity contribution < 1.29 is 0 Å². The Kier molecular flexibility index (Phi) is 1.79. The van der Waals surface area contributed by atoms with E-state index >= 15 is 0 Å². The third kappa shape index (κ3) is 1.20. The lowest BCUT2D eigenvalue weighted by Gasteiger charge is -1.98.